The first-order valence-corrected chi connectivity index (χ1v) is 13.9. The summed E-state index contributed by atoms with van der Waals surface area (Å²) in [6.07, 6.45) is 11.9. The van der Waals surface area contributed by atoms with E-state index in [1.807, 2.05) is 78.9 Å². The Morgan fingerprint density at radius 3 is 1.88 bits per heavy atom. The number of unbranched alkanes of at least 4 members (excludes halogenated alkanes) is 5. The van der Waals surface area contributed by atoms with Crippen molar-refractivity contribution in [3.8, 4) is 16.9 Å². The van der Waals surface area contributed by atoms with Crippen molar-refractivity contribution in [2.24, 2.45) is 0 Å². The first-order valence-electron chi connectivity index (χ1n) is 13.9. The Labute approximate surface area is 235 Å². The molecule has 208 valence electrons. The number of allylic oxidation sites excluding steroid dienone is 2. The Morgan fingerprint density at radius 1 is 0.700 bits per heavy atom. The van der Waals surface area contributed by atoms with Crippen LogP contribution in [0.1, 0.15) is 60.9 Å². The number of aromatic carboxylic acids is 1. The highest BCUT2D eigenvalue weighted by molar-refractivity contribution is 5.88. The third-order valence-electron chi connectivity index (χ3n) is 7.11. The quantitative estimate of drug-likeness (QED) is 0.192. The van der Waals surface area contributed by atoms with Crippen molar-refractivity contribution in [3.63, 3.8) is 0 Å². The first kappa shape index (κ1) is 28.8. The van der Waals surface area contributed by atoms with Crippen LogP contribution in [0.25, 0.3) is 16.7 Å². The van der Waals surface area contributed by atoms with E-state index in [2.05, 4.69) is 0 Å². The van der Waals surface area contributed by atoms with Gasteiger partial charge in [-0.2, -0.15) is 0 Å². The van der Waals surface area contributed by atoms with Crippen molar-refractivity contribution < 1.29 is 29.3 Å². The molecule has 1 aliphatic carbocycles. The Kier molecular flexibility index (Phi) is 10.3. The van der Waals surface area contributed by atoms with E-state index in [1.165, 1.54) is 0 Å². The van der Waals surface area contributed by atoms with E-state index in [0.29, 0.717) is 19.6 Å². The Bertz CT molecular complexity index is 1310. The fourth-order valence-corrected chi connectivity index (χ4v) is 4.70. The van der Waals surface area contributed by atoms with Crippen LogP contribution >= 0.6 is 0 Å². The summed E-state index contributed by atoms with van der Waals surface area (Å²) in [5.74, 6) is -1.06. The number of ether oxygens (including phenoxy) is 2. The lowest BCUT2D eigenvalue weighted by atomic mass is 9.89. The first-order chi connectivity index (χ1) is 19.5. The largest absolute Gasteiger partial charge is 0.494 e. The number of benzene rings is 3. The van der Waals surface area contributed by atoms with Crippen molar-refractivity contribution in [2.75, 3.05) is 13.2 Å². The van der Waals surface area contributed by atoms with Gasteiger partial charge in [0.05, 0.1) is 12.2 Å². The van der Waals surface area contributed by atoms with Crippen LogP contribution in [0.4, 0.5) is 0 Å². The maximum atomic E-state index is 12.0. The monoisotopic (exact) mass is 540 g/mol. The Balaban J connectivity index is 1.07. The van der Waals surface area contributed by atoms with Gasteiger partial charge in [-0.05, 0) is 65.4 Å². The molecule has 1 unspecified atom stereocenters. The van der Waals surface area contributed by atoms with E-state index in [0.717, 1.165) is 66.5 Å². The molecule has 3 aromatic rings. The summed E-state index contributed by atoms with van der Waals surface area (Å²) in [6, 6.07) is 24.6. The van der Waals surface area contributed by atoms with Crippen LogP contribution in [0.5, 0.6) is 5.75 Å². The second kappa shape index (κ2) is 14.3. The predicted octanol–water partition coefficient (Wildman–Crippen LogP) is 7.65. The maximum absolute atomic E-state index is 12.0. The summed E-state index contributed by atoms with van der Waals surface area (Å²) in [6.45, 7) is 1.08. The molecule has 6 heteroatoms. The van der Waals surface area contributed by atoms with Crippen LogP contribution in [-0.4, -0.2) is 41.0 Å². The maximum Gasteiger partial charge on any atom is 0.340 e. The predicted molar refractivity (Wildman–Crippen MR) is 157 cm³/mol. The summed E-state index contributed by atoms with van der Waals surface area (Å²) in [4.78, 5) is 23.0. The van der Waals surface area contributed by atoms with Gasteiger partial charge in [-0.3, -0.25) is 0 Å². The molecule has 0 saturated heterocycles. The Hall–Kier alpha value is -4.16. The molecule has 0 aliphatic heterocycles. The number of carboxylic acids is 2. The molecule has 1 aliphatic rings. The molecule has 0 radical (unpaired) electrons. The Morgan fingerprint density at radius 2 is 1.30 bits per heavy atom. The normalized spacial score (nSPS) is 16.4. The zero-order valence-corrected chi connectivity index (χ0v) is 22.6. The molecule has 2 N–H and O–H groups in total. The van der Waals surface area contributed by atoms with Crippen molar-refractivity contribution in [1.82, 2.24) is 0 Å². The zero-order valence-electron chi connectivity index (χ0n) is 22.6. The average Bonchev–Trinajstić information content (AvgIpc) is 2.99. The molecule has 0 amide bonds. The van der Waals surface area contributed by atoms with Gasteiger partial charge in [-0.15, -0.1) is 0 Å². The lowest BCUT2D eigenvalue weighted by Crippen LogP contribution is -2.40. The minimum atomic E-state index is -1.28. The standard InChI is InChI=1S/C34H36O6/c35-32(36)30-14-12-27(13-15-30)28-16-18-31(19-17-28)39-24-8-3-1-2-4-9-25-40-34(33(37)38)22-20-29(21-23-34)26-10-6-5-7-11-26/h5-7,10-22H,1-4,8-9,23-25H2,(H,35,36)(H,37,38). The fourth-order valence-electron chi connectivity index (χ4n) is 4.70. The highest BCUT2D eigenvalue weighted by Crippen LogP contribution is 2.30. The molecular formula is C34H36O6. The molecular weight excluding hydrogens is 504 g/mol. The van der Waals surface area contributed by atoms with Crippen LogP contribution in [0.3, 0.4) is 0 Å². The van der Waals surface area contributed by atoms with E-state index < -0.39 is 17.5 Å². The third kappa shape index (κ3) is 7.93. The van der Waals surface area contributed by atoms with Crippen LogP contribution in [0.2, 0.25) is 0 Å². The van der Waals surface area contributed by atoms with E-state index in [9.17, 15) is 14.7 Å². The summed E-state index contributed by atoms with van der Waals surface area (Å²) >= 11 is 0. The number of carbonyl (C=O) groups is 2. The van der Waals surface area contributed by atoms with Gasteiger partial charge in [-0.1, -0.05) is 92.4 Å². The van der Waals surface area contributed by atoms with Crippen molar-refractivity contribution in [3.05, 3.63) is 108 Å². The lowest BCUT2D eigenvalue weighted by Gasteiger charge is -2.28. The van der Waals surface area contributed by atoms with Crippen LogP contribution < -0.4 is 4.74 Å². The molecule has 0 spiro atoms. The molecule has 4 rings (SSSR count). The second-order valence-electron chi connectivity index (χ2n) is 9.98. The molecule has 40 heavy (non-hydrogen) atoms. The highest BCUT2D eigenvalue weighted by atomic mass is 16.5. The smallest absolute Gasteiger partial charge is 0.340 e. The highest BCUT2D eigenvalue weighted by Gasteiger charge is 2.37. The van der Waals surface area contributed by atoms with Crippen LogP contribution in [0, 0.1) is 0 Å². The van der Waals surface area contributed by atoms with Gasteiger partial charge in [0.15, 0.2) is 5.60 Å². The van der Waals surface area contributed by atoms with Gasteiger partial charge in [0.25, 0.3) is 0 Å². The van der Waals surface area contributed by atoms with Gasteiger partial charge < -0.3 is 19.7 Å². The molecule has 0 heterocycles. The van der Waals surface area contributed by atoms with Gasteiger partial charge in [0, 0.05) is 13.0 Å². The van der Waals surface area contributed by atoms with Gasteiger partial charge in [0.1, 0.15) is 5.75 Å². The number of rotatable bonds is 15. The van der Waals surface area contributed by atoms with Gasteiger partial charge in [0.2, 0.25) is 0 Å². The van der Waals surface area contributed by atoms with Crippen LogP contribution in [-0.2, 0) is 9.53 Å². The lowest BCUT2D eigenvalue weighted by molar-refractivity contribution is -0.159. The summed E-state index contributed by atoms with van der Waals surface area (Å²) in [5, 5.41) is 18.8. The summed E-state index contributed by atoms with van der Waals surface area (Å²) in [7, 11) is 0. The fraction of sp³-hybridized carbons (Fsp3) is 0.294. The molecule has 1 atom stereocenters. The van der Waals surface area contributed by atoms with E-state index in [-0.39, 0.29) is 5.56 Å². The van der Waals surface area contributed by atoms with E-state index in [1.54, 1.807) is 18.2 Å². The third-order valence-corrected chi connectivity index (χ3v) is 7.11. The van der Waals surface area contributed by atoms with Crippen molar-refractivity contribution in [1.29, 1.82) is 0 Å². The molecule has 0 fully saturated rings. The number of hydrogen-bond acceptors (Lipinski definition) is 4. The van der Waals surface area contributed by atoms with Gasteiger partial charge in [-0.25, -0.2) is 9.59 Å². The molecule has 3 aromatic carbocycles. The second-order valence-corrected chi connectivity index (χ2v) is 9.98. The van der Waals surface area contributed by atoms with E-state index >= 15 is 0 Å². The number of carboxylic acid groups (broad SMARTS) is 2. The zero-order chi connectivity index (χ0) is 28.2. The molecule has 6 nitrogen and oxygen atoms in total. The summed E-state index contributed by atoms with van der Waals surface area (Å²) in [5.41, 5.74) is 3.06. The van der Waals surface area contributed by atoms with Crippen molar-refractivity contribution in [2.45, 2.75) is 50.5 Å². The molecule has 0 aromatic heterocycles. The number of aliphatic carboxylic acids is 1. The van der Waals surface area contributed by atoms with Crippen molar-refractivity contribution >= 4 is 17.5 Å². The van der Waals surface area contributed by atoms with Gasteiger partial charge >= 0.3 is 11.9 Å². The SMILES string of the molecule is O=C(O)c1ccc(-c2ccc(OCCCCCCCCOC3(C(=O)O)C=CC(c4ccccc4)=CC3)cc2)cc1. The van der Waals surface area contributed by atoms with Crippen LogP contribution in [0.15, 0.2) is 97.1 Å². The average molecular weight is 541 g/mol. The topological polar surface area (TPSA) is 93.1 Å². The summed E-state index contributed by atoms with van der Waals surface area (Å²) < 4.78 is 11.8. The molecule has 0 bridgehead atoms. The minimum Gasteiger partial charge on any atom is -0.494 e. The molecule has 0 saturated carbocycles. The number of hydrogen-bond donors (Lipinski definition) is 2. The minimum absolute atomic E-state index is 0.274. The van der Waals surface area contributed by atoms with E-state index in [4.69, 9.17) is 14.6 Å².